The summed E-state index contributed by atoms with van der Waals surface area (Å²) in [6.45, 7) is 6.37. The van der Waals surface area contributed by atoms with Crippen LogP contribution >= 0.6 is 0 Å². The van der Waals surface area contributed by atoms with Gasteiger partial charge in [0, 0.05) is 46.1 Å². The molecule has 1 rings (SSSR count). The SMILES string of the molecule is CC(C)C(C)(CC(=O)N(C)CC1(O)CCOCC1)C(=O)O. The van der Waals surface area contributed by atoms with Gasteiger partial charge < -0.3 is 19.8 Å². The van der Waals surface area contributed by atoms with E-state index in [0.29, 0.717) is 26.1 Å². The molecule has 0 bridgehead atoms. The number of nitrogens with zero attached hydrogens (tertiary/aromatic N) is 1. The van der Waals surface area contributed by atoms with Crippen molar-refractivity contribution >= 4 is 11.9 Å². The van der Waals surface area contributed by atoms with E-state index in [1.807, 2.05) is 0 Å². The average molecular weight is 301 g/mol. The van der Waals surface area contributed by atoms with Gasteiger partial charge in [0.1, 0.15) is 0 Å². The minimum atomic E-state index is -1.09. The second-order valence-electron chi connectivity index (χ2n) is 6.64. The molecule has 1 unspecified atom stereocenters. The summed E-state index contributed by atoms with van der Waals surface area (Å²) in [6.07, 6.45) is 0.916. The second kappa shape index (κ2) is 6.75. The zero-order valence-electron chi connectivity index (χ0n) is 13.4. The molecule has 0 spiro atoms. The van der Waals surface area contributed by atoms with E-state index < -0.39 is 17.0 Å². The highest BCUT2D eigenvalue weighted by Crippen LogP contribution is 2.32. The maximum Gasteiger partial charge on any atom is 0.310 e. The van der Waals surface area contributed by atoms with Crippen molar-refractivity contribution in [2.45, 2.75) is 45.6 Å². The molecule has 1 amide bonds. The van der Waals surface area contributed by atoms with Crippen molar-refractivity contribution in [3.8, 4) is 0 Å². The minimum absolute atomic E-state index is 0.0664. The number of hydrogen-bond acceptors (Lipinski definition) is 4. The third-order valence-corrected chi connectivity index (χ3v) is 4.66. The van der Waals surface area contributed by atoms with Gasteiger partial charge in [0.15, 0.2) is 0 Å². The van der Waals surface area contributed by atoms with E-state index in [9.17, 15) is 19.8 Å². The molecule has 0 radical (unpaired) electrons. The molecule has 21 heavy (non-hydrogen) atoms. The molecule has 1 saturated heterocycles. The quantitative estimate of drug-likeness (QED) is 0.768. The zero-order chi connectivity index (χ0) is 16.3. The maximum atomic E-state index is 12.3. The van der Waals surface area contributed by atoms with Gasteiger partial charge in [0.25, 0.3) is 0 Å². The van der Waals surface area contributed by atoms with Crippen molar-refractivity contribution in [3.63, 3.8) is 0 Å². The largest absolute Gasteiger partial charge is 0.481 e. The summed E-state index contributed by atoms with van der Waals surface area (Å²) in [7, 11) is 1.61. The first kappa shape index (κ1) is 17.9. The van der Waals surface area contributed by atoms with Crippen molar-refractivity contribution in [3.05, 3.63) is 0 Å². The van der Waals surface area contributed by atoms with Crippen LogP contribution in [0.25, 0.3) is 0 Å². The standard InChI is InChI=1S/C15H27NO5/c1-11(2)14(3,13(18)19)9-12(17)16(4)10-15(20)5-7-21-8-6-15/h11,20H,5-10H2,1-4H3,(H,18,19). The Morgan fingerprint density at radius 2 is 1.86 bits per heavy atom. The molecular formula is C15H27NO5. The highest BCUT2D eigenvalue weighted by Gasteiger charge is 2.40. The summed E-state index contributed by atoms with van der Waals surface area (Å²) in [6, 6.07) is 0. The molecule has 0 aromatic rings. The Balaban J connectivity index is 2.67. The molecule has 1 aliphatic heterocycles. The van der Waals surface area contributed by atoms with E-state index in [0.717, 1.165) is 0 Å². The zero-order valence-corrected chi connectivity index (χ0v) is 13.4. The first-order valence-corrected chi connectivity index (χ1v) is 7.38. The number of aliphatic hydroxyl groups is 1. The number of amides is 1. The van der Waals surface area contributed by atoms with Gasteiger partial charge in [0.05, 0.1) is 11.0 Å². The number of rotatable bonds is 6. The normalized spacial score (nSPS) is 20.9. The van der Waals surface area contributed by atoms with Crippen LogP contribution in [0, 0.1) is 11.3 Å². The van der Waals surface area contributed by atoms with E-state index in [1.165, 1.54) is 4.90 Å². The van der Waals surface area contributed by atoms with E-state index >= 15 is 0 Å². The lowest BCUT2D eigenvalue weighted by molar-refractivity contribution is -0.156. The molecule has 1 fully saturated rings. The minimum Gasteiger partial charge on any atom is -0.481 e. The van der Waals surface area contributed by atoms with Crippen LogP contribution in [0.5, 0.6) is 0 Å². The fourth-order valence-corrected chi connectivity index (χ4v) is 2.41. The third kappa shape index (κ3) is 4.41. The van der Waals surface area contributed by atoms with Gasteiger partial charge in [-0.3, -0.25) is 9.59 Å². The molecule has 0 aliphatic carbocycles. The lowest BCUT2D eigenvalue weighted by Crippen LogP contribution is -2.48. The Kier molecular flexibility index (Phi) is 5.75. The predicted molar refractivity (Wildman–Crippen MR) is 77.8 cm³/mol. The van der Waals surface area contributed by atoms with Crippen LogP contribution in [0.15, 0.2) is 0 Å². The van der Waals surface area contributed by atoms with Crippen LogP contribution in [0.4, 0.5) is 0 Å². The predicted octanol–water partition coefficient (Wildman–Crippen LogP) is 1.12. The van der Waals surface area contributed by atoms with E-state index in [2.05, 4.69) is 0 Å². The lowest BCUT2D eigenvalue weighted by atomic mass is 9.76. The number of ether oxygens (including phenoxy) is 1. The third-order valence-electron chi connectivity index (χ3n) is 4.66. The van der Waals surface area contributed by atoms with Gasteiger partial charge in [-0.2, -0.15) is 0 Å². The molecule has 122 valence electrons. The summed E-state index contributed by atoms with van der Waals surface area (Å²) in [5.74, 6) is -1.38. The van der Waals surface area contributed by atoms with Gasteiger partial charge in [0.2, 0.25) is 5.91 Å². The average Bonchev–Trinajstić information content (AvgIpc) is 2.38. The number of carbonyl (C=O) groups excluding carboxylic acids is 1. The van der Waals surface area contributed by atoms with Gasteiger partial charge >= 0.3 is 5.97 Å². The van der Waals surface area contributed by atoms with E-state index in [-0.39, 0.29) is 24.8 Å². The Bertz CT molecular complexity index is 390. The summed E-state index contributed by atoms with van der Waals surface area (Å²) in [5, 5.41) is 19.8. The Hall–Kier alpha value is -1.14. The maximum absolute atomic E-state index is 12.3. The Morgan fingerprint density at radius 1 is 1.33 bits per heavy atom. The molecular weight excluding hydrogens is 274 g/mol. The van der Waals surface area contributed by atoms with Crippen molar-refractivity contribution in [2.24, 2.45) is 11.3 Å². The number of likely N-dealkylation sites (N-methyl/N-ethyl adjacent to an activating group) is 1. The summed E-state index contributed by atoms with van der Waals surface area (Å²) < 4.78 is 5.21. The molecule has 6 heteroatoms. The smallest absolute Gasteiger partial charge is 0.310 e. The van der Waals surface area contributed by atoms with E-state index in [1.54, 1.807) is 27.8 Å². The van der Waals surface area contributed by atoms with Gasteiger partial charge in [-0.05, 0) is 12.8 Å². The molecule has 0 aromatic carbocycles. The number of aliphatic carboxylic acids is 1. The highest BCUT2D eigenvalue weighted by molar-refractivity contribution is 5.84. The first-order chi connectivity index (χ1) is 9.61. The molecule has 6 nitrogen and oxygen atoms in total. The van der Waals surface area contributed by atoms with Crippen LogP contribution in [0.1, 0.15) is 40.0 Å². The van der Waals surface area contributed by atoms with Crippen LogP contribution in [0.3, 0.4) is 0 Å². The van der Waals surface area contributed by atoms with Crippen LogP contribution in [0.2, 0.25) is 0 Å². The van der Waals surface area contributed by atoms with Gasteiger partial charge in [-0.1, -0.05) is 13.8 Å². The fraction of sp³-hybridized carbons (Fsp3) is 0.867. The monoisotopic (exact) mass is 301 g/mol. The van der Waals surface area contributed by atoms with Gasteiger partial charge in [-0.15, -0.1) is 0 Å². The number of carboxylic acids is 1. The number of carboxylic acid groups (broad SMARTS) is 1. The topological polar surface area (TPSA) is 87.1 Å². The molecule has 0 aromatic heterocycles. The van der Waals surface area contributed by atoms with Crippen molar-refractivity contribution in [1.82, 2.24) is 4.90 Å². The van der Waals surface area contributed by atoms with Crippen LogP contribution in [-0.2, 0) is 14.3 Å². The van der Waals surface area contributed by atoms with Crippen molar-refractivity contribution in [2.75, 3.05) is 26.8 Å². The summed E-state index contributed by atoms with van der Waals surface area (Å²) in [5.41, 5.74) is -2.02. The van der Waals surface area contributed by atoms with Crippen LogP contribution < -0.4 is 0 Å². The molecule has 0 saturated carbocycles. The second-order valence-corrected chi connectivity index (χ2v) is 6.64. The molecule has 1 heterocycles. The Morgan fingerprint density at radius 3 is 2.29 bits per heavy atom. The number of hydrogen-bond donors (Lipinski definition) is 2. The number of carbonyl (C=O) groups is 2. The fourth-order valence-electron chi connectivity index (χ4n) is 2.41. The van der Waals surface area contributed by atoms with Crippen molar-refractivity contribution < 1.29 is 24.5 Å². The first-order valence-electron chi connectivity index (χ1n) is 7.38. The Labute approximate surface area is 126 Å². The summed E-state index contributed by atoms with van der Waals surface area (Å²) >= 11 is 0. The molecule has 1 atom stereocenters. The van der Waals surface area contributed by atoms with Gasteiger partial charge in [-0.25, -0.2) is 0 Å². The lowest BCUT2D eigenvalue weighted by Gasteiger charge is -2.37. The highest BCUT2D eigenvalue weighted by atomic mass is 16.5. The van der Waals surface area contributed by atoms with Crippen molar-refractivity contribution in [1.29, 1.82) is 0 Å². The summed E-state index contributed by atoms with van der Waals surface area (Å²) in [4.78, 5) is 25.2. The molecule has 2 N–H and O–H groups in total. The van der Waals surface area contributed by atoms with Crippen LogP contribution in [-0.4, -0.2) is 59.4 Å². The molecule has 1 aliphatic rings. The van der Waals surface area contributed by atoms with E-state index in [4.69, 9.17) is 4.74 Å².